The van der Waals surface area contributed by atoms with Gasteiger partial charge in [0.05, 0.1) is 39.2 Å². The van der Waals surface area contributed by atoms with Crippen LogP contribution in [0.15, 0.2) is 112 Å². The molecule has 6 nitrogen and oxygen atoms in total. The molecule has 0 aliphatic carbocycles. The molecular weight excluding hydrogens is 825 g/mol. The molecule has 3 heterocycles. The first-order valence-corrected chi connectivity index (χ1v) is 23.8. The zero-order valence-electron chi connectivity index (χ0n) is 36.9. The van der Waals surface area contributed by atoms with E-state index in [0.717, 1.165) is 61.4 Å². The lowest BCUT2D eigenvalue weighted by Gasteiger charge is -2.27. The lowest BCUT2D eigenvalue weighted by Crippen LogP contribution is -2.14. The van der Waals surface area contributed by atoms with E-state index in [1.807, 2.05) is 24.3 Å². The summed E-state index contributed by atoms with van der Waals surface area (Å²) in [6.45, 7) is 27.4. The van der Waals surface area contributed by atoms with Crippen LogP contribution in [0.2, 0.25) is 0 Å². The second kappa shape index (κ2) is 16.9. The second-order valence-electron chi connectivity index (χ2n) is 19.5. The highest BCUT2D eigenvalue weighted by atomic mass is 32.2. The molecule has 10 heteroatoms. The molecule has 0 unspecified atom stereocenters. The fourth-order valence-corrected chi connectivity index (χ4v) is 11.3. The summed E-state index contributed by atoms with van der Waals surface area (Å²) < 4.78 is 26.3. The first kappa shape index (κ1) is 44.4. The van der Waals surface area contributed by atoms with E-state index >= 15 is 0 Å². The van der Waals surface area contributed by atoms with Gasteiger partial charge in [-0.05, 0) is 105 Å². The number of phenols is 2. The number of hydrogen-bond donors (Lipinski definition) is 2. The Balaban J connectivity index is 1.59. The number of hydrogen-bond acceptors (Lipinski definition) is 10. The number of phenolic OH excluding ortho intramolecular Hbond substituents is 2. The molecule has 0 spiro atoms. The molecule has 0 fully saturated rings. The highest BCUT2D eigenvalue weighted by molar-refractivity contribution is 8.01. The smallest absolute Gasteiger partial charge is 0.161 e. The summed E-state index contributed by atoms with van der Waals surface area (Å²) in [7, 11) is 0. The summed E-state index contributed by atoms with van der Waals surface area (Å²) in [5.41, 5.74) is 3.53. The Morgan fingerprint density at radius 2 is 0.600 bits per heavy atom. The molecule has 8 rings (SSSR count). The predicted molar refractivity (Wildman–Crippen MR) is 249 cm³/mol. The Bertz CT molecular complexity index is 2150. The van der Waals surface area contributed by atoms with Crippen molar-refractivity contribution in [2.45, 2.75) is 144 Å². The summed E-state index contributed by atoms with van der Waals surface area (Å²) in [5.74, 6) is 2.97. The van der Waals surface area contributed by atoms with Crippen molar-refractivity contribution in [3.63, 3.8) is 0 Å². The summed E-state index contributed by atoms with van der Waals surface area (Å²) in [4.78, 5) is 6.34. The Labute approximate surface area is 373 Å². The van der Waals surface area contributed by atoms with Crippen molar-refractivity contribution in [1.82, 2.24) is 0 Å². The van der Waals surface area contributed by atoms with Gasteiger partial charge in [-0.2, -0.15) is 0 Å². The molecule has 3 aliphatic heterocycles. The molecular formula is C50H58O6S4. The summed E-state index contributed by atoms with van der Waals surface area (Å²) >= 11 is 6.02. The minimum atomic E-state index is -0.223. The average Bonchev–Trinajstić information content (AvgIpc) is 3.14. The van der Waals surface area contributed by atoms with Crippen LogP contribution in [0.25, 0.3) is 0 Å². The zero-order valence-corrected chi connectivity index (χ0v) is 40.2. The highest BCUT2D eigenvalue weighted by Gasteiger charge is 2.30. The van der Waals surface area contributed by atoms with E-state index in [2.05, 4.69) is 132 Å². The van der Waals surface area contributed by atoms with E-state index in [4.69, 9.17) is 18.9 Å². The van der Waals surface area contributed by atoms with Crippen LogP contribution in [-0.4, -0.2) is 36.6 Å². The van der Waals surface area contributed by atoms with Crippen LogP contribution in [0.4, 0.5) is 0 Å². The monoisotopic (exact) mass is 882 g/mol. The third-order valence-electron chi connectivity index (χ3n) is 10.5. The summed E-state index contributed by atoms with van der Waals surface area (Å²) in [6.07, 6.45) is 0. The van der Waals surface area contributed by atoms with Crippen LogP contribution in [0, 0.1) is 0 Å². The van der Waals surface area contributed by atoms with Crippen LogP contribution in [-0.2, 0) is 21.7 Å². The molecule has 0 atom stereocenters. The SMILES string of the molecule is CC(C)(C)c1cc2c(O)c(c1)Sc1cc(C(C)(C)C)cc3c1OCCOc1ccccc1OCCOc1c(cc(C(C)(C)C)cc1Sc1cc(C(C)(C)C)cc(c1O)S3)S2. The van der Waals surface area contributed by atoms with Gasteiger partial charge in [-0.1, -0.05) is 142 Å². The highest BCUT2D eigenvalue weighted by Crippen LogP contribution is 2.56. The maximum absolute atomic E-state index is 12.4. The third-order valence-corrected chi connectivity index (χ3v) is 14.7. The Morgan fingerprint density at radius 1 is 0.367 bits per heavy atom. The van der Waals surface area contributed by atoms with Gasteiger partial charge in [0.15, 0.2) is 11.5 Å². The predicted octanol–water partition coefficient (Wildman–Crippen LogP) is 14.4. The molecule has 10 bridgehead atoms. The van der Waals surface area contributed by atoms with Crippen molar-refractivity contribution in [2.75, 3.05) is 26.4 Å². The lowest BCUT2D eigenvalue weighted by molar-refractivity contribution is 0.187. The van der Waals surface area contributed by atoms with Crippen LogP contribution in [0.1, 0.15) is 105 Å². The van der Waals surface area contributed by atoms with E-state index < -0.39 is 0 Å². The molecule has 0 saturated carbocycles. The third kappa shape index (κ3) is 9.83. The van der Waals surface area contributed by atoms with Crippen LogP contribution < -0.4 is 18.9 Å². The van der Waals surface area contributed by atoms with Gasteiger partial charge >= 0.3 is 0 Å². The Hall–Kier alpha value is -3.70. The zero-order chi connectivity index (χ0) is 43.4. The minimum Gasteiger partial charge on any atom is -0.506 e. The lowest BCUT2D eigenvalue weighted by atomic mass is 9.87. The molecule has 5 aromatic carbocycles. The molecule has 5 aromatic rings. The maximum atomic E-state index is 12.4. The molecule has 0 aromatic heterocycles. The number of benzene rings is 5. The van der Waals surface area contributed by atoms with Gasteiger partial charge in [-0.25, -0.2) is 0 Å². The standard InChI is InChI=1S/C50H58O6S4/c1-47(2,3)29-21-35-43(51)36(22-29)58-40-26-32(50(10,11)12)28-42-46(40)56-20-18-54-34-16-14-13-15-33(34)53-17-19-55-45-39(57-35)25-31(49(7,8)9)27-41(45)59-37-23-30(48(4,5)6)24-38(60-42)44(37)52/h13-16,21-28,51-52H,17-20H2,1-12H3. The van der Waals surface area contributed by atoms with E-state index in [-0.39, 0.29) is 59.6 Å². The Kier molecular flexibility index (Phi) is 12.5. The molecule has 60 heavy (non-hydrogen) atoms. The summed E-state index contributed by atoms with van der Waals surface area (Å²) in [5, 5.41) is 24.9. The van der Waals surface area contributed by atoms with Crippen LogP contribution in [0.5, 0.6) is 34.5 Å². The van der Waals surface area contributed by atoms with Gasteiger partial charge < -0.3 is 29.2 Å². The number of ether oxygens (including phenoxy) is 4. The molecule has 0 saturated heterocycles. The van der Waals surface area contributed by atoms with Gasteiger partial charge in [0.1, 0.15) is 49.4 Å². The second-order valence-corrected chi connectivity index (χ2v) is 23.8. The van der Waals surface area contributed by atoms with Crippen molar-refractivity contribution < 1.29 is 29.2 Å². The maximum Gasteiger partial charge on any atom is 0.161 e. The number of aromatic hydroxyl groups is 2. The van der Waals surface area contributed by atoms with Crippen LogP contribution >= 0.6 is 47.0 Å². The van der Waals surface area contributed by atoms with E-state index in [1.54, 1.807) is 0 Å². The van der Waals surface area contributed by atoms with Gasteiger partial charge in [0.2, 0.25) is 0 Å². The normalized spacial score (nSPS) is 15.1. The molecule has 0 radical (unpaired) electrons. The van der Waals surface area contributed by atoms with E-state index in [9.17, 15) is 10.2 Å². The van der Waals surface area contributed by atoms with Crippen molar-refractivity contribution in [3.05, 3.63) is 95.1 Å². The molecule has 0 amide bonds. The summed E-state index contributed by atoms with van der Waals surface area (Å²) in [6, 6.07) is 24.9. The fraction of sp³-hybridized carbons (Fsp3) is 0.400. The number of rotatable bonds is 0. The van der Waals surface area contributed by atoms with Crippen LogP contribution in [0.3, 0.4) is 0 Å². The van der Waals surface area contributed by atoms with Gasteiger partial charge in [-0.3, -0.25) is 0 Å². The van der Waals surface area contributed by atoms with Crippen molar-refractivity contribution >= 4 is 47.0 Å². The van der Waals surface area contributed by atoms with Gasteiger partial charge in [0, 0.05) is 0 Å². The topological polar surface area (TPSA) is 77.4 Å². The first-order valence-electron chi connectivity index (χ1n) is 20.5. The number of para-hydroxylation sites is 2. The largest absolute Gasteiger partial charge is 0.506 e. The van der Waals surface area contributed by atoms with E-state index in [0.29, 0.717) is 23.0 Å². The van der Waals surface area contributed by atoms with Gasteiger partial charge in [-0.15, -0.1) is 0 Å². The average molecular weight is 883 g/mol. The first-order chi connectivity index (χ1) is 28.1. The molecule has 2 N–H and O–H groups in total. The van der Waals surface area contributed by atoms with Crippen molar-refractivity contribution in [2.24, 2.45) is 0 Å². The minimum absolute atomic E-state index is 0.199. The number of fused-ring (bicyclic) bond motifs is 6. The van der Waals surface area contributed by atoms with E-state index in [1.165, 1.54) is 47.0 Å². The van der Waals surface area contributed by atoms with Crippen molar-refractivity contribution in [3.8, 4) is 34.5 Å². The Morgan fingerprint density at radius 3 is 0.850 bits per heavy atom. The quantitative estimate of drug-likeness (QED) is 0.154. The fourth-order valence-electron chi connectivity index (χ4n) is 6.70. The molecule has 318 valence electrons. The van der Waals surface area contributed by atoms with Gasteiger partial charge in [0.25, 0.3) is 0 Å². The van der Waals surface area contributed by atoms with Crippen molar-refractivity contribution in [1.29, 1.82) is 0 Å². The molecule has 3 aliphatic rings.